The number of rotatable bonds is 4. The Morgan fingerprint density at radius 3 is 2.74 bits per heavy atom. The average Bonchev–Trinajstić information content (AvgIpc) is 2.36. The third kappa shape index (κ3) is 5.12. The predicted molar refractivity (Wildman–Crippen MR) is 78.9 cm³/mol. The zero-order chi connectivity index (χ0) is 14.3. The van der Waals surface area contributed by atoms with Gasteiger partial charge in [-0.15, -0.1) is 0 Å². The Balaban J connectivity index is 2.87. The zero-order valence-electron chi connectivity index (χ0n) is 11.8. The van der Waals surface area contributed by atoms with E-state index in [0.29, 0.717) is 13.1 Å². The summed E-state index contributed by atoms with van der Waals surface area (Å²) in [7, 11) is 3.73. The molecule has 0 aliphatic heterocycles. The van der Waals surface area contributed by atoms with Crippen molar-refractivity contribution in [1.82, 2.24) is 4.90 Å². The van der Waals surface area contributed by atoms with E-state index in [1.807, 2.05) is 37.2 Å². The summed E-state index contributed by atoms with van der Waals surface area (Å²) in [5.41, 5.74) is 8.21. The highest BCUT2D eigenvalue weighted by Crippen LogP contribution is 2.18. The van der Waals surface area contributed by atoms with E-state index in [9.17, 15) is 4.79 Å². The lowest BCUT2D eigenvalue weighted by Crippen LogP contribution is -2.27. The van der Waals surface area contributed by atoms with Crippen molar-refractivity contribution in [3.8, 4) is 11.8 Å². The Hall–Kier alpha value is -1.83. The van der Waals surface area contributed by atoms with E-state index in [1.54, 1.807) is 0 Å². The average molecular weight is 259 g/mol. The summed E-state index contributed by atoms with van der Waals surface area (Å²) in [6, 6.07) is 5.79. The van der Waals surface area contributed by atoms with Gasteiger partial charge in [0.1, 0.15) is 0 Å². The van der Waals surface area contributed by atoms with Crippen LogP contribution in [0.25, 0.3) is 0 Å². The summed E-state index contributed by atoms with van der Waals surface area (Å²) < 4.78 is 0. The van der Waals surface area contributed by atoms with E-state index < -0.39 is 0 Å². The number of carbonyl (C=O) groups is 1. The molecule has 0 spiro atoms. The number of nitrogens with two attached hydrogens (primary N) is 1. The number of hydrogen-bond acceptors (Lipinski definition) is 3. The second-order valence-corrected chi connectivity index (χ2v) is 4.52. The van der Waals surface area contributed by atoms with Crippen LogP contribution in [0.3, 0.4) is 0 Å². The second-order valence-electron chi connectivity index (χ2n) is 4.52. The molecule has 0 heterocycles. The topological polar surface area (TPSA) is 58.4 Å². The van der Waals surface area contributed by atoms with Crippen molar-refractivity contribution in [2.45, 2.75) is 13.3 Å². The van der Waals surface area contributed by atoms with Gasteiger partial charge in [-0.25, -0.2) is 0 Å². The normalized spacial score (nSPS) is 9.95. The fourth-order valence-corrected chi connectivity index (χ4v) is 1.72. The van der Waals surface area contributed by atoms with Crippen LogP contribution in [0.15, 0.2) is 18.2 Å². The van der Waals surface area contributed by atoms with Gasteiger partial charge in [-0.3, -0.25) is 4.79 Å². The highest BCUT2D eigenvalue weighted by Gasteiger charge is 2.07. The molecular formula is C15H21N3O. The minimum Gasteiger partial charge on any atom is -0.325 e. The minimum atomic E-state index is -0.0134. The molecule has 1 amide bonds. The van der Waals surface area contributed by atoms with Crippen molar-refractivity contribution >= 4 is 11.6 Å². The Morgan fingerprint density at radius 2 is 2.16 bits per heavy atom. The van der Waals surface area contributed by atoms with E-state index >= 15 is 0 Å². The van der Waals surface area contributed by atoms with Crippen LogP contribution < -0.4 is 11.1 Å². The first kappa shape index (κ1) is 15.2. The Kier molecular flexibility index (Phi) is 6.07. The van der Waals surface area contributed by atoms with Gasteiger partial charge < -0.3 is 16.0 Å². The first-order chi connectivity index (χ1) is 9.06. The molecular weight excluding hydrogens is 238 g/mol. The summed E-state index contributed by atoms with van der Waals surface area (Å²) in [4.78, 5) is 13.6. The fraction of sp³-hybridized carbons (Fsp3) is 0.400. The summed E-state index contributed by atoms with van der Waals surface area (Å²) >= 11 is 0. The number of nitrogens with one attached hydrogen (secondary N) is 1. The molecule has 0 fully saturated rings. The molecule has 0 bridgehead atoms. The molecule has 0 atom stereocenters. The first-order valence-corrected chi connectivity index (χ1v) is 6.33. The Labute approximate surface area is 115 Å². The van der Waals surface area contributed by atoms with Crippen LogP contribution in [0, 0.1) is 11.8 Å². The van der Waals surface area contributed by atoms with Gasteiger partial charge in [0, 0.05) is 11.3 Å². The largest absolute Gasteiger partial charge is 0.325 e. The van der Waals surface area contributed by atoms with Gasteiger partial charge in [0.25, 0.3) is 0 Å². The molecule has 0 unspecified atom stereocenters. The number of hydrogen-bond donors (Lipinski definition) is 2. The molecule has 4 heteroatoms. The molecule has 0 aromatic heterocycles. The molecule has 4 nitrogen and oxygen atoms in total. The van der Waals surface area contributed by atoms with Gasteiger partial charge in [0.05, 0.1) is 13.1 Å². The van der Waals surface area contributed by atoms with Gasteiger partial charge in [0.2, 0.25) is 5.91 Å². The molecule has 3 N–H and O–H groups in total. The van der Waals surface area contributed by atoms with Crippen molar-refractivity contribution in [3.05, 3.63) is 29.3 Å². The lowest BCUT2D eigenvalue weighted by atomic mass is 10.1. The number of nitrogens with zero attached hydrogens (tertiary/aromatic N) is 1. The molecule has 102 valence electrons. The van der Waals surface area contributed by atoms with Gasteiger partial charge in [-0.1, -0.05) is 18.8 Å². The van der Waals surface area contributed by atoms with Gasteiger partial charge in [-0.2, -0.15) is 0 Å². The molecule has 0 radical (unpaired) electrons. The van der Waals surface area contributed by atoms with Crippen LogP contribution in [0.4, 0.5) is 5.69 Å². The summed E-state index contributed by atoms with van der Waals surface area (Å²) in [5, 5.41) is 2.92. The molecule has 0 aliphatic rings. The maximum atomic E-state index is 11.8. The van der Waals surface area contributed by atoms with Crippen LogP contribution in [0.1, 0.15) is 18.1 Å². The van der Waals surface area contributed by atoms with E-state index in [2.05, 4.69) is 24.1 Å². The van der Waals surface area contributed by atoms with Crippen LogP contribution in [0.2, 0.25) is 0 Å². The van der Waals surface area contributed by atoms with Gasteiger partial charge >= 0.3 is 0 Å². The summed E-state index contributed by atoms with van der Waals surface area (Å²) in [6.45, 7) is 2.78. The second kappa shape index (κ2) is 7.57. The van der Waals surface area contributed by atoms with Crippen molar-refractivity contribution in [2.24, 2.45) is 5.73 Å². The zero-order valence-corrected chi connectivity index (χ0v) is 11.8. The molecule has 1 rings (SSSR count). The van der Waals surface area contributed by atoms with E-state index in [0.717, 1.165) is 23.2 Å². The molecule has 0 saturated heterocycles. The third-order valence-corrected chi connectivity index (χ3v) is 2.55. The lowest BCUT2D eigenvalue weighted by Gasteiger charge is -2.13. The standard InChI is InChI=1S/C15H21N3O/c1-4-13-10-12(6-5-9-16)7-8-14(13)17-15(19)11-18(2)3/h7-8,10H,4,9,11,16H2,1-3H3,(H,17,19). The van der Waals surface area contributed by atoms with Gasteiger partial charge in [0.15, 0.2) is 0 Å². The predicted octanol–water partition coefficient (Wildman–Crippen LogP) is 1.06. The van der Waals surface area contributed by atoms with Crippen molar-refractivity contribution in [3.63, 3.8) is 0 Å². The van der Waals surface area contributed by atoms with Crippen molar-refractivity contribution in [2.75, 3.05) is 32.5 Å². The SMILES string of the molecule is CCc1cc(C#CCN)ccc1NC(=O)CN(C)C. The van der Waals surface area contributed by atoms with Crippen molar-refractivity contribution in [1.29, 1.82) is 0 Å². The highest BCUT2D eigenvalue weighted by molar-refractivity contribution is 5.93. The maximum absolute atomic E-state index is 11.8. The van der Waals surface area contributed by atoms with E-state index in [1.165, 1.54) is 0 Å². The summed E-state index contributed by atoms with van der Waals surface area (Å²) in [6.07, 6.45) is 0.843. The quantitative estimate of drug-likeness (QED) is 0.795. The number of likely N-dealkylation sites (N-methyl/N-ethyl adjacent to an activating group) is 1. The summed E-state index contributed by atoms with van der Waals surface area (Å²) in [5.74, 6) is 5.81. The monoisotopic (exact) mass is 259 g/mol. The number of anilines is 1. The molecule has 0 saturated carbocycles. The van der Waals surface area contributed by atoms with Gasteiger partial charge in [-0.05, 0) is 44.3 Å². The molecule has 0 aliphatic carbocycles. The van der Waals surface area contributed by atoms with Crippen LogP contribution >= 0.6 is 0 Å². The van der Waals surface area contributed by atoms with Crippen LogP contribution in [-0.2, 0) is 11.2 Å². The maximum Gasteiger partial charge on any atom is 0.238 e. The minimum absolute atomic E-state index is 0.0134. The number of amides is 1. The first-order valence-electron chi connectivity index (χ1n) is 6.33. The fourth-order valence-electron chi connectivity index (χ4n) is 1.72. The van der Waals surface area contributed by atoms with E-state index in [4.69, 9.17) is 5.73 Å². The number of carbonyl (C=O) groups excluding carboxylic acids is 1. The smallest absolute Gasteiger partial charge is 0.238 e. The molecule has 19 heavy (non-hydrogen) atoms. The molecule has 1 aromatic carbocycles. The Bertz CT molecular complexity index is 498. The number of benzene rings is 1. The molecule has 1 aromatic rings. The third-order valence-electron chi connectivity index (χ3n) is 2.55. The Morgan fingerprint density at radius 1 is 1.42 bits per heavy atom. The van der Waals surface area contributed by atoms with Crippen LogP contribution in [0.5, 0.6) is 0 Å². The lowest BCUT2D eigenvalue weighted by molar-refractivity contribution is -0.116. The van der Waals surface area contributed by atoms with E-state index in [-0.39, 0.29) is 5.91 Å². The highest BCUT2D eigenvalue weighted by atomic mass is 16.2. The number of aryl methyl sites for hydroxylation is 1. The van der Waals surface area contributed by atoms with Crippen LogP contribution in [-0.4, -0.2) is 38.0 Å². The van der Waals surface area contributed by atoms with Crippen molar-refractivity contribution < 1.29 is 4.79 Å².